The van der Waals surface area contributed by atoms with Gasteiger partial charge in [-0.1, -0.05) is 6.92 Å². The van der Waals surface area contributed by atoms with Crippen LogP contribution in [0.1, 0.15) is 47.0 Å². The van der Waals surface area contributed by atoms with Crippen molar-refractivity contribution in [2.75, 3.05) is 0 Å². The number of rotatable bonds is 5. The van der Waals surface area contributed by atoms with Gasteiger partial charge in [0, 0.05) is 6.42 Å². The normalized spacial score (nSPS) is 25.5. The lowest BCUT2D eigenvalue weighted by molar-refractivity contribution is -0.174. The summed E-state index contributed by atoms with van der Waals surface area (Å²) in [6, 6.07) is 0. The highest BCUT2D eigenvalue weighted by Crippen LogP contribution is 2.45. The number of hydrogen-bond acceptors (Lipinski definition) is 4. The maximum absolute atomic E-state index is 12.6. The van der Waals surface area contributed by atoms with E-state index in [1.807, 2.05) is 13.0 Å². The summed E-state index contributed by atoms with van der Waals surface area (Å²) in [5.41, 5.74) is -1.76. The second-order valence-electron chi connectivity index (χ2n) is 8.19. The number of carbonyl (C=O) groups is 2. The van der Waals surface area contributed by atoms with Gasteiger partial charge in [0.05, 0.1) is 17.1 Å². The van der Waals surface area contributed by atoms with Gasteiger partial charge in [-0.25, -0.2) is 0 Å². The SMILES string of the molecule is CC[C@@]1(C(=O)O)CC=C(O[Si](C)(C)C)C[C@H]1C(=O)OC(C)(C)C. The molecule has 0 spiro atoms. The summed E-state index contributed by atoms with van der Waals surface area (Å²) >= 11 is 0. The molecule has 1 rings (SSSR count). The Bertz CT molecular complexity index is 498. The highest BCUT2D eigenvalue weighted by Gasteiger charge is 2.51. The summed E-state index contributed by atoms with van der Waals surface area (Å²) in [6.45, 7) is 13.4. The maximum Gasteiger partial charge on any atom is 0.311 e. The lowest BCUT2D eigenvalue weighted by Gasteiger charge is -2.40. The van der Waals surface area contributed by atoms with E-state index in [9.17, 15) is 14.7 Å². The fourth-order valence-corrected chi connectivity index (χ4v) is 3.81. The van der Waals surface area contributed by atoms with E-state index in [0.717, 1.165) is 5.76 Å². The molecule has 0 bridgehead atoms. The average molecular weight is 343 g/mol. The molecule has 0 heterocycles. The highest BCUT2D eigenvalue weighted by atomic mass is 28.4. The highest BCUT2D eigenvalue weighted by molar-refractivity contribution is 6.70. The molecule has 1 N–H and O–H groups in total. The third-order valence-corrected chi connectivity index (χ3v) is 4.83. The molecule has 0 saturated carbocycles. The van der Waals surface area contributed by atoms with Gasteiger partial charge >= 0.3 is 11.9 Å². The van der Waals surface area contributed by atoms with Gasteiger partial charge in [0.1, 0.15) is 5.60 Å². The Kier molecular flexibility index (Phi) is 5.73. The van der Waals surface area contributed by atoms with E-state index in [1.165, 1.54) is 0 Å². The van der Waals surface area contributed by atoms with Gasteiger partial charge in [0.2, 0.25) is 8.32 Å². The summed E-state index contributed by atoms with van der Waals surface area (Å²) < 4.78 is 11.5. The summed E-state index contributed by atoms with van der Waals surface area (Å²) in [5, 5.41) is 9.76. The van der Waals surface area contributed by atoms with Gasteiger partial charge in [-0.15, -0.1) is 0 Å². The van der Waals surface area contributed by atoms with Crippen molar-refractivity contribution in [1.29, 1.82) is 0 Å². The van der Waals surface area contributed by atoms with Crippen LogP contribution < -0.4 is 0 Å². The zero-order valence-electron chi connectivity index (χ0n) is 15.4. The smallest absolute Gasteiger partial charge is 0.311 e. The third kappa shape index (κ3) is 5.09. The topological polar surface area (TPSA) is 72.8 Å². The number of hydrogen-bond donors (Lipinski definition) is 1. The van der Waals surface area contributed by atoms with Crippen molar-refractivity contribution in [1.82, 2.24) is 0 Å². The van der Waals surface area contributed by atoms with Crippen LogP contribution in [0.5, 0.6) is 0 Å². The first kappa shape index (κ1) is 19.7. The number of ether oxygens (including phenoxy) is 1. The molecule has 0 amide bonds. The van der Waals surface area contributed by atoms with Crippen LogP contribution in [-0.2, 0) is 18.8 Å². The van der Waals surface area contributed by atoms with Crippen molar-refractivity contribution >= 4 is 20.3 Å². The summed E-state index contributed by atoms with van der Waals surface area (Å²) in [4.78, 5) is 24.6. The van der Waals surface area contributed by atoms with Crippen molar-refractivity contribution < 1.29 is 23.9 Å². The molecule has 1 aliphatic rings. The quantitative estimate of drug-likeness (QED) is 0.605. The molecule has 0 aromatic heterocycles. The fraction of sp³-hybridized carbons (Fsp3) is 0.765. The molecule has 5 nitrogen and oxygen atoms in total. The van der Waals surface area contributed by atoms with Crippen LogP contribution in [0.15, 0.2) is 11.8 Å². The van der Waals surface area contributed by atoms with E-state index in [0.29, 0.717) is 19.3 Å². The Balaban J connectivity index is 3.15. The van der Waals surface area contributed by atoms with E-state index in [1.54, 1.807) is 20.8 Å². The number of aliphatic carboxylic acids is 1. The Hall–Kier alpha value is -1.30. The van der Waals surface area contributed by atoms with Crippen molar-refractivity contribution in [3.8, 4) is 0 Å². The predicted molar refractivity (Wildman–Crippen MR) is 91.4 cm³/mol. The Morgan fingerprint density at radius 2 is 1.91 bits per heavy atom. The minimum atomic E-state index is -1.81. The Morgan fingerprint density at radius 1 is 1.35 bits per heavy atom. The van der Waals surface area contributed by atoms with Gasteiger partial charge < -0.3 is 14.3 Å². The van der Waals surface area contributed by atoms with Gasteiger partial charge in [-0.2, -0.15) is 0 Å². The monoisotopic (exact) mass is 342 g/mol. The molecular formula is C17H30O5Si. The van der Waals surface area contributed by atoms with E-state index in [-0.39, 0.29) is 0 Å². The zero-order chi connectivity index (χ0) is 18.1. The fourth-order valence-electron chi connectivity index (χ4n) is 2.85. The first-order valence-electron chi connectivity index (χ1n) is 8.15. The number of carboxylic acids is 1. The number of allylic oxidation sites excluding steroid dienone is 2. The van der Waals surface area contributed by atoms with E-state index < -0.39 is 37.2 Å². The molecule has 0 aromatic rings. The standard InChI is InChI=1S/C17H30O5Si/c1-8-17(15(19)20)10-9-12(22-23(5,6)7)11-13(17)14(18)21-16(2,3)4/h9,13H,8,10-11H2,1-7H3,(H,19,20)/t13-,17+/m0/s1. The van der Waals surface area contributed by atoms with Crippen LogP contribution >= 0.6 is 0 Å². The van der Waals surface area contributed by atoms with Crippen LogP contribution in [-0.4, -0.2) is 31.0 Å². The molecule has 0 unspecified atom stereocenters. The zero-order valence-corrected chi connectivity index (χ0v) is 16.4. The van der Waals surface area contributed by atoms with E-state index in [2.05, 4.69) is 19.6 Å². The molecule has 6 heteroatoms. The van der Waals surface area contributed by atoms with Crippen LogP contribution in [0.4, 0.5) is 0 Å². The largest absolute Gasteiger partial charge is 0.548 e. The first-order chi connectivity index (χ1) is 10.3. The van der Waals surface area contributed by atoms with Crippen LogP contribution in [0.2, 0.25) is 19.6 Å². The van der Waals surface area contributed by atoms with Gasteiger partial charge in [0.25, 0.3) is 0 Å². The second-order valence-corrected chi connectivity index (χ2v) is 12.6. The van der Waals surface area contributed by atoms with Crippen molar-refractivity contribution in [3.63, 3.8) is 0 Å². The molecule has 0 aliphatic heterocycles. The molecule has 0 saturated heterocycles. The minimum Gasteiger partial charge on any atom is -0.548 e. The lowest BCUT2D eigenvalue weighted by atomic mass is 9.66. The van der Waals surface area contributed by atoms with Crippen LogP contribution in [0.3, 0.4) is 0 Å². The average Bonchev–Trinajstić information content (AvgIpc) is 2.34. The number of carboxylic acid groups (broad SMARTS) is 1. The molecule has 1 aliphatic carbocycles. The summed E-state index contributed by atoms with van der Waals surface area (Å²) in [6.07, 6.45) is 2.81. The van der Waals surface area contributed by atoms with Gasteiger partial charge in [-0.3, -0.25) is 9.59 Å². The number of carbonyl (C=O) groups excluding carboxylic acids is 1. The van der Waals surface area contributed by atoms with Gasteiger partial charge in [0.15, 0.2) is 0 Å². The second kappa shape index (κ2) is 6.67. The predicted octanol–water partition coefficient (Wildman–Crippen LogP) is 3.95. The Morgan fingerprint density at radius 3 is 2.30 bits per heavy atom. The van der Waals surface area contributed by atoms with Gasteiger partial charge in [-0.05, 0) is 59.3 Å². The minimum absolute atomic E-state index is 0.291. The molecule has 0 radical (unpaired) electrons. The molecule has 0 aromatic carbocycles. The molecular weight excluding hydrogens is 312 g/mol. The van der Waals surface area contributed by atoms with E-state index in [4.69, 9.17) is 9.16 Å². The molecule has 23 heavy (non-hydrogen) atoms. The van der Waals surface area contributed by atoms with Crippen molar-refractivity contribution in [3.05, 3.63) is 11.8 Å². The lowest BCUT2D eigenvalue weighted by Crippen LogP contribution is -2.46. The van der Waals surface area contributed by atoms with Crippen molar-refractivity contribution in [2.24, 2.45) is 11.3 Å². The third-order valence-electron chi connectivity index (χ3n) is 3.95. The number of esters is 1. The Labute approximate surface area is 140 Å². The summed E-state index contributed by atoms with van der Waals surface area (Å²) in [5.74, 6) is -1.39. The first-order valence-corrected chi connectivity index (χ1v) is 11.6. The van der Waals surface area contributed by atoms with Crippen LogP contribution in [0.25, 0.3) is 0 Å². The summed E-state index contributed by atoms with van der Waals surface area (Å²) in [7, 11) is -1.81. The molecule has 0 fully saturated rings. The molecule has 132 valence electrons. The maximum atomic E-state index is 12.6. The van der Waals surface area contributed by atoms with E-state index >= 15 is 0 Å². The van der Waals surface area contributed by atoms with Crippen molar-refractivity contribution in [2.45, 2.75) is 72.2 Å². The van der Waals surface area contributed by atoms with Crippen LogP contribution in [0, 0.1) is 11.3 Å². The molecule has 2 atom stereocenters.